The molecule has 3 amide bonds. The van der Waals surface area contributed by atoms with Gasteiger partial charge in [0.1, 0.15) is 0 Å². The summed E-state index contributed by atoms with van der Waals surface area (Å²) in [7, 11) is 0. The Morgan fingerprint density at radius 2 is 1.80 bits per heavy atom. The third kappa shape index (κ3) is 6.81. The molecule has 3 aromatic carbocycles. The summed E-state index contributed by atoms with van der Waals surface area (Å²) in [6, 6.07) is 15.5. The zero-order valence-electron chi connectivity index (χ0n) is 21.3. The van der Waals surface area contributed by atoms with E-state index in [9.17, 15) is 27.6 Å². The van der Waals surface area contributed by atoms with Crippen molar-refractivity contribution in [1.29, 1.82) is 0 Å². The number of hydrazone groups is 1. The number of carboxylic acids is 1. The lowest BCUT2D eigenvalue weighted by Crippen LogP contribution is -2.33. The van der Waals surface area contributed by atoms with Crippen LogP contribution in [0.1, 0.15) is 40.4 Å². The number of hydrogen-bond acceptors (Lipinski definition) is 5. The van der Waals surface area contributed by atoms with Crippen LogP contribution in [0.4, 0.5) is 29.3 Å². The maximum Gasteiger partial charge on any atom is 0.416 e. The molecule has 0 atom stereocenters. The molecule has 12 heteroatoms. The molecule has 0 fully saturated rings. The Hall–Kier alpha value is -4.32. The molecular formula is C28H25F3N4O4S. The van der Waals surface area contributed by atoms with Gasteiger partial charge in [-0.05, 0) is 66.9 Å². The van der Waals surface area contributed by atoms with Gasteiger partial charge in [0.15, 0.2) is 5.71 Å². The first kappa shape index (κ1) is 28.7. The van der Waals surface area contributed by atoms with E-state index < -0.39 is 29.6 Å². The van der Waals surface area contributed by atoms with Gasteiger partial charge in [-0.15, -0.1) is 11.8 Å². The largest absolute Gasteiger partial charge is 0.478 e. The fourth-order valence-corrected chi connectivity index (χ4v) is 5.01. The van der Waals surface area contributed by atoms with E-state index in [0.717, 1.165) is 22.6 Å². The van der Waals surface area contributed by atoms with Crippen molar-refractivity contribution < 1.29 is 32.7 Å². The van der Waals surface area contributed by atoms with E-state index in [1.165, 1.54) is 12.1 Å². The average Bonchev–Trinajstić information content (AvgIpc) is 3.17. The second-order valence-electron chi connectivity index (χ2n) is 8.84. The molecule has 0 saturated heterocycles. The second-order valence-corrected chi connectivity index (χ2v) is 10.0. The minimum absolute atomic E-state index is 0.0225. The fourth-order valence-electron chi connectivity index (χ4n) is 4.08. The van der Waals surface area contributed by atoms with Gasteiger partial charge >= 0.3 is 18.2 Å². The number of nitrogens with one attached hydrogen (secondary N) is 2. The molecule has 8 nitrogen and oxygen atoms in total. The average molecular weight is 571 g/mol. The van der Waals surface area contributed by atoms with Crippen molar-refractivity contribution in [3.63, 3.8) is 0 Å². The normalized spacial score (nSPS) is 13.8. The van der Waals surface area contributed by atoms with Crippen molar-refractivity contribution in [2.75, 3.05) is 22.5 Å². The van der Waals surface area contributed by atoms with Crippen molar-refractivity contribution in [3.05, 3.63) is 89.0 Å². The van der Waals surface area contributed by atoms with Crippen LogP contribution < -0.4 is 15.6 Å². The summed E-state index contributed by atoms with van der Waals surface area (Å²) in [6.07, 6.45) is -3.17. The highest BCUT2D eigenvalue weighted by Gasteiger charge is 2.34. The van der Waals surface area contributed by atoms with E-state index in [1.807, 2.05) is 25.1 Å². The summed E-state index contributed by atoms with van der Waals surface area (Å²) in [5.41, 5.74) is 3.66. The molecule has 0 aromatic heterocycles. The molecule has 0 saturated carbocycles. The summed E-state index contributed by atoms with van der Waals surface area (Å²) < 4.78 is 38.9. The number of alkyl halides is 3. The van der Waals surface area contributed by atoms with E-state index in [1.54, 1.807) is 40.9 Å². The molecule has 0 bridgehead atoms. The van der Waals surface area contributed by atoms with Crippen LogP contribution in [-0.2, 0) is 17.4 Å². The predicted octanol–water partition coefficient (Wildman–Crippen LogP) is 6.02. The number of amides is 3. The zero-order valence-corrected chi connectivity index (χ0v) is 22.1. The van der Waals surface area contributed by atoms with Gasteiger partial charge in [0.25, 0.3) is 5.91 Å². The Bertz CT molecular complexity index is 1460. The number of rotatable bonds is 9. The van der Waals surface area contributed by atoms with E-state index in [-0.39, 0.29) is 17.0 Å². The zero-order chi connectivity index (χ0) is 28.9. The number of fused-ring (bicyclic) bond motifs is 1. The molecule has 1 aliphatic rings. The molecule has 0 spiro atoms. The third-order valence-electron chi connectivity index (χ3n) is 5.99. The molecule has 0 unspecified atom stereocenters. The lowest BCUT2D eigenvalue weighted by atomic mass is 10.1. The Labute approximate surface area is 232 Å². The number of halogens is 3. The minimum atomic E-state index is -4.56. The molecule has 0 aliphatic carbocycles. The van der Waals surface area contributed by atoms with Crippen LogP contribution in [0.15, 0.2) is 76.7 Å². The van der Waals surface area contributed by atoms with Crippen molar-refractivity contribution >= 4 is 46.8 Å². The minimum Gasteiger partial charge on any atom is -0.478 e. The lowest BCUT2D eigenvalue weighted by molar-refractivity contribution is -0.137. The molecule has 3 aromatic rings. The summed E-state index contributed by atoms with van der Waals surface area (Å²) in [6.45, 7) is 2.37. The van der Waals surface area contributed by atoms with Gasteiger partial charge in [0, 0.05) is 28.4 Å². The molecule has 4 rings (SSSR count). The van der Waals surface area contributed by atoms with Crippen LogP contribution in [0.3, 0.4) is 0 Å². The number of nitrogens with zero attached hydrogens (tertiary/aromatic N) is 2. The standard InChI is InChI=1S/C28H25F3N4O4S/c1-2-13-35-23-11-10-21(40-14-12-17-6-8-18(9-7-17)26(37)38)16-22(23)24(25(35)36)33-34-27(39)32-20-5-3-4-19(15-20)28(29,30)31/h3-11,15-16H,2,12-14H2,1H3,(H,37,38)(H2,32,34,39)/b33-24+. The van der Waals surface area contributed by atoms with E-state index in [4.69, 9.17) is 5.11 Å². The fraction of sp³-hybridized carbons (Fsp3) is 0.214. The summed E-state index contributed by atoms with van der Waals surface area (Å²) in [4.78, 5) is 39.0. The van der Waals surface area contributed by atoms with Crippen molar-refractivity contribution in [2.45, 2.75) is 30.8 Å². The Morgan fingerprint density at radius 3 is 2.48 bits per heavy atom. The quantitative estimate of drug-likeness (QED) is 0.215. The molecule has 3 N–H and O–H groups in total. The Morgan fingerprint density at radius 1 is 1.05 bits per heavy atom. The van der Waals surface area contributed by atoms with Crippen molar-refractivity contribution in [1.82, 2.24) is 5.43 Å². The first-order valence-corrected chi connectivity index (χ1v) is 13.3. The highest BCUT2D eigenvalue weighted by atomic mass is 32.2. The number of anilines is 2. The monoisotopic (exact) mass is 570 g/mol. The summed E-state index contributed by atoms with van der Waals surface area (Å²) in [5, 5.41) is 15.4. The highest BCUT2D eigenvalue weighted by molar-refractivity contribution is 7.99. The van der Waals surface area contributed by atoms with Crippen molar-refractivity contribution in [2.24, 2.45) is 5.10 Å². The summed E-state index contributed by atoms with van der Waals surface area (Å²) >= 11 is 1.55. The van der Waals surface area contributed by atoms with Gasteiger partial charge in [-0.25, -0.2) is 15.0 Å². The number of aryl methyl sites for hydroxylation is 1. The number of thioether (sulfide) groups is 1. The Kier molecular flexibility index (Phi) is 8.78. The number of urea groups is 1. The highest BCUT2D eigenvalue weighted by Crippen LogP contribution is 2.34. The smallest absolute Gasteiger partial charge is 0.416 e. The summed E-state index contributed by atoms with van der Waals surface area (Å²) in [5.74, 6) is -0.676. The van der Waals surface area contributed by atoms with Gasteiger partial charge in [-0.3, -0.25) is 4.79 Å². The number of carboxylic acid groups (broad SMARTS) is 1. The third-order valence-corrected chi connectivity index (χ3v) is 6.98. The van der Waals surface area contributed by atoms with Gasteiger partial charge in [0.2, 0.25) is 0 Å². The number of carbonyl (C=O) groups excluding carboxylic acids is 2. The van der Waals surface area contributed by atoms with E-state index in [2.05, 4.69) is 15.8 Å². The lowest BCUT2D eigenvalue weighted by Gasteiger charge is -2.15. The molecule has 1 heterocycles. The number of aromatic carboxylic acids is 1. The first-order valence-electron chi connectivity index (χ1n) is 12.3. The molecule has 0 radical (unpaired) electrons. The second kappa shape index (κ2) is 12.2. The number of benzene rings is 3. The maximum absolute atomic E-state index is 13.1. The van der Waals surface area contributed by atoms with Crippen molar-refractivity contribution in [3.8, 4) is 0 Å². The van der Waals surface area contributed by atoms with Crippen LogP contribution in [0.2, 0.25) is 0 Å². The van der Waals surface area contributed by atoms with Crippen LogP contribution >= 0.6 is 11.8 Å². The van der Waals surface area contributed by atoms with E-state index in [0.29, 0.717) is 36.4 Å². The van der Waals surface area contributed by atoms with Gasteiger partial charge in [-0.1, -0.05) is 25.1 Å². The maximum atomic E-state index is 13.1. The Balaban J connectivity index is 1.46. The van der Waals surface area contributed by atoms with Crippen LogP contribution in [0.25, 0.3) is 0 Å². The predicted molar refractivity (Wildman–Crippen MR) is 147 cm³/mol. The van der Waals surface area contributed by atoms with Gasteiger partial charge in [-0.2, -0.15) is 18.3 Å². The molecule has 40 heavy (non-hydrogen) atoms. The van der Waals surface area contributed by atoms with Gasteiger partial charge in [0.05, 0.1) is 16.8 Å². The van der Waals surface area contributed by atoms with Crippen LogP contribution in [0, 0.1) is 0 Å². The van der Waals surface area contributed by atoms with Crippen LogP contribution in [0.5, 0.6) is 0 Å². The molecular weight excluding hydrogens is 545 g/mol. The number of hydrogen-bond donors (Lipinski definition) is 3. The van der Waals surface area contributed by atoms with Crippen LogP contribution in [-0.4, -0.2) is 41.0 Å². The SMILES string of the molecule is CCCN1C(=O)/C(=N/NC(=O)Nc2cccc(C(F)(F)F)c2)c2cc(SCCc3ccc(C(=O)O)cc3)ccc21. The number of carbonyl (C=O) groups is 3. The molecule has 1 aliphatic heterocycles. The first-order chi connectivity index (χ1) is 19.1. The van der Waals surface area contributed by atoms with E-state index >= 15 is 0 Å². The topological polar surface area (TPSA) is 111 Å². The molecule has 208 valence electrons. The van der Waals surface area contributed by atoms with Gasteiger partial charge < -0.3 is 15.3 Å².